The van der Waals surface area contributed by atoms with Crippen LogP contribution in [0.15, 0.2) is 30.5 Å². The van der Waals surface area contributed by atoms with Crippen LogP contribution in [-0.2, 0) is 0 Å². The highest BCUT2D eigenvalue weighted by Crippen LogP contribution is 2.24. The van der Waals surface area contributed by atoms with Crippen molar-refractivity contribution in [2.75, 3.05) is 5.32 Å². The van der Waals surface area contributed by atoms with Gasteiger partial charge in [0.15, 0.2) is 0 Å². The van der Waals surface area contributed by atoms with E-state index in [9.17, 15) is 4.39 Å². The minimum absolute atomic E-state index is 0.217. The van der Waals surface area contributed by atoms with Crippen LogP contribution in [0.4, 0.5) is 10.3 Å². The van der Waals surface area contributed by atoms with Gasteiger partial charge in [-0.2, -0.15) is 0 Å². The number of hydrogen-bond acceptors (Lipinski definition) is 2. The maximum atomic E-state index is 13.0. The number of aromatic nitrogens is 2. The molecule has 19 heavy (non-hydrogen) atoms. The number of benzene rings is 1. The fourth-order valence-corrected chi connectivity index (χ4v) is 2.65. The number of nitrogens with one attached hydrogen (secondary N) is 1. The van der Waals surface area contributed by atoms with Crippen LogP contribution in [0, 0.1) is 12.7 Å². The molecule has 1 saturated carbocycles. The summed E-state index contributed by atoms with van der Waals surface area (Å²) < 4.78 is 15.0. The molecule has 0 bridgehead atoms. The molecule has 0 saturated heterocycles. The van der Waals surface area contributed by atoms with Crippen LogP contribution in [0.2, 0.25) is 0 Å². The molecule has 1 N–H and O–H groups in total. The predicted molar refractivity (Wildman–Crippen MR) is 74.1 cm³/mol. The van der Waals surface area contributed by atoms with Crippen molar-refractivity contribution in [2.45, 2.75) is 38.6 Å². The Kier molecular flexibility index (Phi) is 3.23. The Hall–Kier alpha value is -1.84. The van der Waals surface area contributed by atoms with Crippen molar-refractivity contribution in [1.29, 1.82) is 0 Å². The molecule has 0 radical (unpaired) electrons. The van der Waals surface area contributed by atoms with Gasteiger partial charge in [-0.15, -0.1) is 0 Å². The molecule has 1 heterocycles. The molecule has 0 amide bonds. The van der Waals surface area contributed by atoms with E-state index in [1.807, 2.05) is 17.7 Å². The van der Waals surface area contributed by atoms with Crippen molar-refractivity contribution in [3.05, 3.63) is 42.0 Å². The van der Waals surface area contributed by atoms with Gasteiger partial charge in [-0.3, -0.25) is 4.57 Å². The molecule has 1 aromatic carbocycles. The van der Waals surface area contributed by atoms with Crippen molar-refractivity contribution in [1.82, 2.24) is 9.55 Å². The lowest BCUT2D eigenvalue weighted by atomic mass is 10.2. The number of rotatable bonds is 3. The minimum atomic E-state index is -0.217. The molecule has 2 aromatic rings. The molecule has 1 aliphatic carbocycles. The van der Waals surface area contributed by atoms with Crippen LogP contribution in [0.3, 0.4) is 0 Å². The van der Waals surface area contributed by atoms with Crippen LogP contribution >= 0.6 is 0 Å². The van der Waals surface area contributed by atoms with E-state index in [2.05, 4.69) is 10.3 Å². The van der Waals surface area contributed by atoms with E-state index in [4.69, 9.17) is 0 Å². The number of imidazole rings is 1. The first-order valence-corrected chi connectivity index (χ1v) is 6.81. The Bertz CT molecular complexity index is 553. The molecule has 0 aliphatic heterocycles. The van der Waals surface area contributed by atoms with E-state index in [0.29, 0.717) is 6.04 Å². The van der Waals surface area contributed by atoms with Gasteiger partial charge in [0.05, 0.1) is 5.69 Å². The summed E-state index contributed by atoms with van der Waals surface area (Å²) in [6.07, 6.45) is 6.96. The lowest BCUT2D eigenvalue weighted by Crippen LogP contribution is -2.17. The summed E-state index contributed by atoms with van der Waals surface area (Å²) in [7, 11) is 0. The second kappa shape index (κ2) is 5.03. The van der Waals surface area contributed by atoms with E-state index in [0.717, 1.165) is 17.3 Å². The number of hydrogen-bond donors (Lipinski definition) is 1. The molecular weight excluding hydrogens is 241 g/mol. The van der Waals surface area contributed by atoms with Crippen LogP contribution in [0.25, 0.3) is 5.69 Å². The number of nitrogens with zero attached hydrogens (tertiary/aromatic N) is 2. The number of aryl methyl sites for hydroxylation is 1. The normalized spacial score (nSPS) is 15.9. The van der Waals surface area contributed by atoms with Crippen molar-refractivity contribution >= 4 is 5.95 Å². The summed E-state index contributed by atoms with van der Waals surface area (Å²) in [5, 5.41) is 3.50. The molecule has 100 valence electrons. The van der Waals surface area contributed by atoms with E-state index < -0.39 is 0 Å². The van der Waals surface area contributed by atoms with Gasteiger partial charge in [0.1, 0.15) is 5.82 Å². The maximum Gasteiger partial charge on any atom is 0.207 e. The second-order valence-corrected chi connectivity index (χ2v) is 5.18. The molecule has 3 rings (SSSR count). The predicted octanol–water partition coefficient (Wildman–Crippen LogP) is 3.67. The molecular formula is C15H18FN3. The first-order valence-electron chi connectivity index (χ1n) is 6.81. The second-order valence-electron chi connectivity index (χ2n) is 5.18. The average molecular weight is 259 g/mol. The van der Waals surface area contributed by atoms with E-state index in [1.54, 1.807) is 12.1 Å². The zero-order valence-corrected chi connectivity index (χ0v) is 11.1. The first-order chi connectivity index (χ1) is 9.22. The van der Waals surface area contributed by atoms with Gasteiger partial charge >= 0.3 is 0 Å². The monoisotopic (exact) mass is 259 g/mol. The van der Waals surface area contributed by atoms with Gasteiger partial charge < -0.3 is 5.32 Å². The van der Waals surface area contributed by atoms with Crippen molar-refractivity contribution in [3.63, 3.8) is 0 Å². The average Bonchev–Trinajstić information content (AvgIpc) is 3.01. The summed E-state index contributed by atoms with van der Waals surface area (Å²) >= 11 is 0. The minimum Gasteiger partial charge on any atom is -0.353 e. The van der Waals surface area contributed by atoms with Gasteiger partial charge in [-0.05, 0) is 44.0 Å². The van der Waals surface area contributed by atoms with Gasteiger partial charge in [0.25, 0.3) is 0 Å². The third-order valence-corrected chi connectivity index (χ3v) is 3.62. The van der Waals surface area contributed by atoms with Gasteiger partial charge in [0, 0.05) is 17.9 Å². The summed E-state index contributed by atoms with van der Waals surface area (Å²) in [5.41, 5.74) is 1.90. The lowest BCUT2D eigenvalue weighted by Gasteiger charge is -2.14. The van der Waals surface area contributed by atoms with Crippen LogP contribution in [-0.4, -0.2) is 15.6 Å². The fraction of sp³-hybridized carbons (Fsp3) is 0.400. The standard InChI is InChI=1S/C15H18FN3/c1-11-10-19(14-8-6-12(16)7-9-14)15(17-11)18-13-4-2-3-5-13/h6-10,13H,2-5H2,1H3,(H,17,18). The van der Waals surface area contributed by atoms with Crippen LogP contribution < -0.4 is 5.32 Å². The Morgan fingerprint density at radius 2 is 1.89 bits per heavy atom. The van der Waals surface area contributed by atoms with Crippen LogP contribution in [0.5, 0.6) is 0 Å². The Morgan fingerprint density at radius 3 is 2.58 bits per heavy atom. The highest BCUT2D eigenvalue weighted by molar-refractivity contribution is 5.43. The fourth-order valence-electron chi connectivity index (χ4n) is 2.65. The molecule has 1 aromatic heterocycles. The van der Waals surface area contributed by atoms with E-state index >= 15 is 0 Å². The summed E-state index contributed by atoms with van der Waals surface area (Å²) in [4.78, 5) is 4.53. The summed E-state index contributed by atoms with van der Waals surface area (Å²) in [6.45, 7) is 1.97. The first kappa shape index (κ1) is 12.2. The highest BCUT2D eigenvalue weighted by Gasteiger charge is 2.17. The lowest BCUT2D eigenvalue weighted by molar-refractivity contribution is 0.627. The molecule has 1 aliphatic rings. The zero-order chi connectivity index (χ0) is 13.2. The smallest absolute Gasteiger partial charge is 0.207 e. The molecule has 0 unspecified atom stereocenters. The van der Waals surface area contributed by atoms with Gasteiger partial charge in [-0.1, -0.05) is 12.8 Å². The third kappa shape index (κ3) is 2.62. The Balaban J connectivity index is 1.89. The molecule has 0 spiro atoms. The summed E-state index contributed by atoms with van der Waals surface area (Å²) in [6, 6.07) is 7.02. The van der Waals surface area contributed by atoms with Gasteiger partial charge in [0.2, 0.25) is 5.95 Å². The number of anilines is 1. The van der Waals surface area contributed by atoms with Crippen LogP contribution in [0.1, 0.15) is 31.4 Å². The topological polar surface area (TPSA) is 29.9 Å². The van der Waals surface area contributed by atoms with Gasteiger partial charge in [-0.25, -0.2) is 9.37 Å². The molecule has 4 heteroatoms. The summed E-state index contributed by atoms with van der Waals surface area (Å²) in [5.74, 6) is 0.641. The molecule has 3 nitrogen and oxygen atoms in total. The van der Waals surface area contributed by atoms with E-state index in [1.165, 1.54) is 37.8 Å². The largest absolute Gasteiger partial charge is 0.353 e. The van der Waals surface area contributed by atoms with Crippen molar-refractivity contribution in [3.8, 4) is 5.69 Å². The van der Waals surface area contributed by atoms with Crippen molar-refractivity contribution < 1.29 is 4.39 Å². The maximum absolute atomic E-state index is 13.0. The van der Waals surface area contributed by atoms with Crippen molar-refractivity contribution in [2.24, 2.45) is 0 Å². The highest BCUT2D eigenvalue weighted by atomic mass is 19.1. The quantitative estimate of drug-likeness (QED) is 0.911. The molecule has 1 fully saturated rings. The SMILES string of the molecule is Cc1cn(-c2ccc(F)cc2)c(NC2CCCC2)n1. The molecule has 0 atom stereocenters. The third-order valence-electron chi connectivity index (χ3n) is 3.62. The van der Waals surface area contributed by atoms with E-state index in [-0.39, 0.29) is 5.82 Å². The number of halogens is 1. The Labute approximate surface area is 112 Å². The zero-order valence-electron chi connectivity index (χ0n) is 11.1. The Morgan fingerprint density at radius 1 is 1.21 bits per heavy atom.